The maximum absolute atomic E-state index is 13.0. The van der Waals surface area contributed by atoms with Crippen molar-refractivity contribution in [2.45, 2.75) is 45.7 Å². The van der Waals surface area contributed by atoms with Crippen LogP contribution in [0, 0.1) is 6.92 Å². The van der Waals surface area contributed by atoms with Gasteiger partial charge in [-0.3, -0.25) is 14.3 Å². The van der Waals surface area contributed by atoms with Crippen molar-refractivity contribution >= 4 is 11.6 Å². The van der Waals surface area contributed by atoms with Gasteiger partial charge in [0.15, 0.2) is 0 Å². The average Bonchev–Trinajstić information content (AvgIpc) is 2.80. The Labute approximate surface area is 148 Å². The van der Waals surface area contributed by atoms with Crippen molar-refractivity contribution in [2.24, 2.45) is 7.05 Å². The van der Waals surface area contributed by atoms with Gasteiger partial charge in [0.2, 0.25) is 5.91 Å². The van der Waals surface area contributed by atoms with Crippen molar-refractivity contribution in [3.63, 3.8) is 0 Å². The molecular formula is C19H26N4O2. The quantitative estimate of drug-likeness (QED) is 0.927. The number of piperidine rings is 1. The minimum absolute atomic E-state index is 0.0789. The number of likely N-dealkylation sites (tertiary alicyclic amines) is 1. The Balaban J connectivity index is 1.94. The molecule has 1 aliphatic rings. The Morgan fingerprint density at radius 2 is 1.84 bits per heavy atom. The van der Waals surface area contributed by atoms with Gasteiger partial charge in [0.05, 0.1) is 11.4 Å². The summed E-state index contributed by atoms with van der Waals surface area (Å²) in [6.07, 6.45) is 1.70. The van der Waals surface area contributed by atoms with Gasteiger partial charge in [-0.15, -0.1) is 0 Å². The number of hydrogen-bond donors (Lipinski definition) is 1. The molecule has 1 aliphatic heterocycles. The van der Waals surface area contributed by atoms with Crippen LogP contribution in [0.4, 0.5) is 5.69 Å². The molecule has 6 heteroatoms. The molecule has 1 amide bonds. The second kappa shape index (κ2) is 6.78. The molecule has 0 aliphatic carbocycles. The minimum Gasteiger partial charge on any atom is -0.368 e. The minimum atomic E-state index is -0.339. The number of carbonyl (C=O) groups is 1. The molecule has 0 spiro atoms. The van der Waals surface area contributed by atoms with Crippen LogP contribution in [-0.4, -0.2) is 38.8 Å². The molecule has 134 valence electrons. The molecule has 1 N–H and O–H groups in total. The van der Waals surface area contributed by atoms with E-state index >= 15 is 0 Å². The van der Waals surface area contributed by atoms with E-state index in [1.54, 1.807) is 4.68 Å². The maximum atomic E-state index is 13.0. The summed E-state index contributed by atoms with van der Waals surface area (Å²) in [7, 11) is 1.86. The molecule has 2 heterocycles. The fourth-order valence-corrected chi connectivity index (χ4v) is 3.45. The van der Waals surface area contributed by atoms with E-state index < -0.39 is 0 Å². The Morgan fingerprint density at radius 1 is 1.16 bits per heavy atom. The van der Waals surface area contributed by atoms with Crippen LogP contribution < -0.4 is 10.9 Å². The first-order valence-corrected chi connectivity index (χ1v) is 8.83. The Hall–Kier alpha value is -2.50. The molecule has 1 saturated heterocycles. The standard InChI is InChI=1S/C19H26N4O2/c1-13(2)22-12-8-11-16(18(22)24)20-17-14(3)21(4)23(19(17)25)15-9-6-5-7-10-15/h5-7,9-10,13,16,20H,8,11-12H2,1-4H3/t16-/m1/s1. The summed E-state index contributed by atoms with van der Waals surface area (Å²) in [6.45, 7) is 6.74. The third kappa shape index (κ3) is 3.08. The fourth-order valence-electron chi connectivity index (χ4n) is 3.45. The zero-order valence-electron chi connectivity index (χ0n) is 15.3. The highest BCUT2D eigenvalue weighted by atomic mass is 16.2. The number of anilines is 1. The lowest BCUT2D eigenvalue weighted by Gasteiger charge is -2.35. The number of benzene rings is 1. The van der Waals surface area contributed by atoms with Gasteiger partial charge in [-0.1, -0.05) is 18.2 Å². The molecule has 25 heavy (non-hydrogen) atoms. The number of para-hydroxylation sites is 1. The van der Waals surface area contributed by atoms with Crippen molar-refractivity contribution in [2.75, 3.05) is 11.9 Å². The lowest BCUT2D eigenvalue weighted by molar-refractivity contribution is -0.136. The highest BCUT2D eigenvalue weighted by molar-refractivity contribution is 5.85. The van der Waals surface area contributed by atoms with Crippen LogP contribution in [0.2, 0.25) is 0 Å². The number of rotatable bonds is 4. The highest BCUT2D eigenvalue weighted by Crippen LogP contribution is 2.20. The molecule has 0 saturated carbocycles. The van der Waals surface area contributed by atoms with E-state index in [0.29, 0.717) is 5.69 Å². The number of hydrogen-bond acceptors (Lipinski definition) is 3. The largest absolute Gasteiger partial charge is 0.368 e. The number of nitrogens with zero attached hydrogens (tertiary/aromatic N) is 3. The number of aromatic nitrogens is 2. The van der Waals surface area contributed by atoms with Crippen molar-refractivity contribution < 1.29 is 4.79 Å². The van der Waals surface area contributed by atoms with Crippen LogP contribution in [0.25, 0.3) is 5.69 Å². The van der Waals surface area contributed by atoms with Crippen LogP contribution in [-0.2, 0) is 11.8 Å². The second-order valence-electron chi connectivity index (χ2n) is 6.90. The van der Waals surface area contributed by atoms with Crippen molar-refractivity contribution in [1.29, 1.82) is 0 Å². The van der Waals surface area contributed by atoms with Gasteiger partial charge in [0.1, 0.15) is 11.7 Å². The van der Waals surface area contributed by atoms with Crippen LogP contribution in [0.15, 0.2) is 35.1 Å². The first-order valence-electron chi connectivity index (χ1n) is 8.83. The average molecular weight is 342 g/mol. The summed E-state index contributed by atoms with van der Waals surface area (Å²) >= 11 is 0. The van der Waals surface area contributed by atoms with Crippen LogP contribution in [0.3, 0.4) is 0 Å². The lowest BCUT2D eigenvalue weighted by Crippen LogP contribution is -2.50. The molecule has 3 rings (SSSR count). The fraction of sp³-hybridized carbons (Fsp3) is 0.474. The zero-order valence-corrected chi connectivity index (χ0v) is 15.3. The molecule has 1 aromatic heterocycles. The predicted octanol–water partition coefficient (Wildman–Crippen LogP) is 2.30. The molecule has 0 radical (unpaired) electrons. The van der Waals surface area contributed by atoms with E-state index in [1.807, 2.05) is 67.7 Å². The lowest BCUT2D eigenvalue weighted by atomic mass is 10.0. The Morgan fingerprint density at radius 3 is 2.48 bits per heavy atom. The van der Waals surface area contributed by atoms with E-state index in [1.165, 1.54) is 0 Å². The van der Waals surface area contributed by atoms with E-state index in [4.69, 9.17) is 0 Å². The molecule has 1 fully saturated rings. The topological polar surface area (TPSA) is 59.3 Å². The summed E-state index contributed by atoms with van der Waals surface area (Å²) in [5, 5.41) is 3.24. The Kier molecular flexibility index (Phi) is 4.70. The monoisotopic (exact) mass is 342 g/mol. The third-order valence-corrected chi connectivity index (χ3v) is 4.97. The number of carbonyl (C=O) groups excluding carboxylic acids is 1. The van der Waals surface area contributed by atoms with Crippen molar-refractivity contribution in [3.05, 3.63) is 46.4 Å². The molecule has 6 nitrogen and oxygen atoms in total. The summed E-state index contributed by atoms with van der Waals surface area (Å²) in [5.74, 6) is 0.0789. The summed E-state index contributed by atoms with van der Waals surface area (Å²) in [4.78, 5) is 27.5. The summed E-state index contributed by atoms with van der Waals surface area (Å²) < 4.78 is 3.46. The van der Waals surface area contributed by atoms with Gasteiger partial charge in [-0.05, 0) is 45.7 Å². The smallest absolute Gasteiger partial charge is 0.295 e. The summed E-state index contributed by atoms with van der Waals surface area (Å²) in [6, 6.07) is 9.37. The molecule has 0 bridgehead atoms. The maximum Gasteiger partial charge on any atom is 0.295 e. The summed E-state index contributed by atoms with van der Waals surface area (Å²) in [5.41, 5.74) is 2.02. The highest BCUT2D eigenvalue weighted by Gasteiger charge is 2.31. The molecule has 1 atom stereocenters. The van der Waals surface area contributed by atoms with Gasteiger partial charge >= 0.3 is 0 Å². The van der Waals surface area contributed by atoms with Crippen molar-refractivity contribution in [1.82, 2.24) is 14.3 Å². The van der Waals surface area contributed by atoms with E-state index in [-0.39, 0.29) is 23.6 Å². The van der Waals surface area contributed by atoms with E-state index in [9.17, 15) is 9.59 Å². The van der Waals surface area contributed by atoms with E-state index in [2.05, 4.69) is 5.32 Å². The number of amides is 1. The van der Waals surface area contributed by atoms with E-state index in [0.717, 1.165) is 30.8 Å². The van der Waals surface area contributed by atoms with Crippen molar-refractivity contribution in [3.8, 4) is 5.69 Å². The van der Waals surface area contributed by atoms with Crippen LogP contribution >= 0.6 is 0 Å². The SMILES string of the molecule is Cc1c(N[C@@H]2CCCN(C(C)C)C2=O)c(=O)n(-c2ccccc2)n1C. The van der Waals surface area contributed by atoms with Gasteiger partial charge in [-0.2, -0.15) is 0 Å². The van der Waals surface area contributed by atoms with Crippen LogP contribution in [0.5, 0.6) is 0 Å². The van der Waals surface area contributed by atoms with Gasteiger partial charge in [0.25, 0.3) is 5.56 Å². The molecule has 0 unspecified atom stereocenters. The zero-order chi connectivity index (χ0) is 18.1. The van der Waals surface area contributed by atoms with Gasteiger partial charge in [-0.25, -0.2) is 4.68 Å². The normalized spacial score (nSPS) is 18.0. The number of nitrogens with one attached hydrogen (secondary N) is 1. The van der Waals surface area contributed by atoms with Crippen LogP contribution in [0.1, 0.15) is 32.4 Å². The Bertz CT molecular complexity index is 820. The first-order chi connectivity index (χ1) is 11.9. The molecule has 1 aromatic carbocycles. The third-order valence-electron chi connectivity index (χ3n) is 4.97. The predicted molar refractivity (Wildman–Crippen MR) is 99.2 cm³/mol. The van der Waals surface area contributed by atoms with Gasteiger partial charge < -0.3 is 10.2 Å². The molecular weight excluding hydrogens is 316 g/mol. The van der Waals surface area contributed by atoms with Gasteiger partial charge in [0, 0.05) is 19.6 Å². The molecule has 2 aromatic rings. The first kappa shape index (κ1) is 17.3. The second-order valence-corrected chi connectivity index (χ2v) is 6.90.